The van der Waals surface area contributed by atoms with Gasteiger partial charge in [-0.15, -0.1) is 0 Å². The maximum absolute atomic E-state index is 12.9. The Labute approximate surface area is 136 Å². The topological polar surface area (TPSA) is 66.4 Å². The lowest BCUT2D eigenvalue weighted by molar-refractivity contribution is 0.146. The van der Waals surface area contributed by atoms with E-state index >= 15 is 0 Å². The fourth-order valence-electron chi connectivity index (χ4n) is 2.36. The van der Waals surface area contributed by atoms with Crippen LogP contribution >= 0.6 is 0 Å². The van der Waals surface area contributed by atoms with Crippen molar-refractivity contribution >= 4 is 10.0 Å². The first-order valence-electron chi connectivity index (χ1n) is 7.26. The van der Waals surface area contributed by atoms with Crippen molar-refractivity contribution in [3.63, 3.8) is 0 Å². The van der Waals surface area contributed by atoms with Gasteiger partial charge in [-0.05, 0) is 37.1 Å². The molecule has 124 valence electrons. The van der Waals surface area contributed by atoms with Crippen LogP contribution in [0.5, 0.6) is 0 Å². The van der Waals surface area contributed by atoms with E-state index in [0.717, 1.165) is 5.56 Å². The molecule has 0 amide bonds. The summed E-state index contributed by atoms with van der Waals surface area (Å²) in [4.78, 5) is 0. The van der Waals surface area contributed by atoms with E-state index in [0.29, 0.717) is 11.1 Å². The van der Waals surface area contributed by atoms with Crippen LogP contribution in [0.3, 0.4) is 0 Å². The van der Waals surface area contributed by atoms with Crippen LogP contribution in [0, 0.1) is 12.7 Å². The summed E-state index contributed by atoms with van der Waals surface area (Å²) in [6, 6.07) is 11.8. The van der Waals surface area contributed by atoms with Crippen molar-refractivity contribution in [3.8, 4) is 0 Å². The Bertz CT molecular complexity index is 760. The van der Waals surface area contributed by atoms with Crippen molar-refractivity contribution in [2.75, 3.05) is 0 Å². The van der Waals surface area contributed by atoms with E-state index in [-0.39, 0.29) is 5.75 Å². The van der Waals surface area contributed by atoms with Crippen LogP contribution in [0.25, 0.3) is 0 Å². The maximum Gasteiger partial charge on any atom is 0.216 e. The molecule has 0 spiro atoms. The molecule has 0 radical (unpaired) electrons. The summed E-state index contributed by atoms with van der Waals surface area (Å²) in [6.07, 6.45) is -1.05. The van der Waals surface area contributed by atoms with Crippen LogP contribution in [0.4, 0.5) is 4.39 Å². The summed E-state index contributed by atoms with van der Waals surface area (Å²) in [5.74, 6) is -0.566. The minimum absolute atomic E-state index is 0.158. The van der Waals surface area contributed by atoms with Crippen LogP contribution in [0.2, 0.25) is 0 Å². The lowest BCUT2D eigenvalue weighted by atomic mass is 10.0. The normalized spacial score (nSPS) is 14.4. The fourth-order valence-corrected chi connectivity index (χ4v) is 3.76. The van der Waals surface area contributed by atoms with Crippen molar-refractivity contribution in [2.45, 2.75) is 31.7 Å². The molecule has 0 aliphatic rings. The molecule has 6 heteroatoms. The van der Waals surface area contributed by atoms with Gasteiger partial charge in [0.25, 0.3) is 0 Å². The quantitative estimate of drug-likeness (QED) is 0.852. The van der Waals surface area contributed by atoms with E-state index in [9.17, 15) is 17.9 Å². The molecule has 0 aliphatic heterocycles. The molecule has 23 heavy (non-hydrogen) atoms. The Balaban J connectivity index is 2.05. The van der Waals surface area contributed by atoms with Gasteiger partial charge in [-0.3, -0.25) is 0 Å². The van der Waals surface area contributed by atoms with Crippen LogP contribution in [0.1, 0.15) is 29.7 Å². The predicted octanol–water partition coefficient (Wildman–Crippen LogP) is 2.68. The van der Waals surface area contributed by atoms with E-state index in [1.807, 2.05) is 13.0 Å². The second-order valence-corrected chi connectivity index (χ2v) is 7.40. The van der Waals surface area contributed by atoms with Crippen molar-refractivity contribution in [3.05, 3.63) is 71.0 Å². The van der Waals surface area contributed by atoms with Crippen molar-refractivity contribution in [2.24, 2.45) is 0 Å². The summed E-state index contributed by atoms with van der Waals surface area (Å²) in [6.45, 7) is 3.46. The summed E-state index contributed by atoms with van der Waals surface area (Å²) < 4.78 is 39.8. The highest BCUT2D eigenvalue weighted by Gasteiger charge is 2.22. The van der Waals surface area contributed by atoms with Gasteiger partial charge in [-0.1, -0.05) is 42.0 Å². The third kappa shape index (κ3) is 5.13. The molecule has 0 aromatic heterocycles. The molecule has 2 aromatic rings. The Kier molecular flexibility index (Phi) is 5.51. The standard InChI is InChI=1S/C17H20FNO3S/c1-12-4-3-5-14(10-12)11-23(21,22)19-13(2)17(20)15-6-8-16(18)9-7-15/h3-10,13,17,19-20H,11H2,1-2H3. The first-order valence-corrected chi connectivity index (χ1v) is 8.91. The van der Waals surface area contributed by atoms with E-state index in [1.165, 1.54) is 24.3 Å². The van der Waals surface area contributed by atoms with E-state index in [2.05, 4.69) is 4.72 Å². The number of benzene rings is 2. The maximum atomic E-state index is 12.9. The molecule has 0 saturated heterocycles. The molecular formula is C17H20FNO3S. The van der Waals surface area contributed by atoms with Crippen molar-refractivity contribution in [1.82, 2.24) is 4.72 Å². The van der Waals surface area contributed by atoms with Crippen LogP contribution in [-0.4, -0.2) is 19.6 Å². The zero-order chi connectivity index (χ0) is 17.0. The van der Waals surface area contributed by atoms with Crippen LogP contribution < -0.4 is 4.72 Å². The van der Waals surface area contributed by atoms with Gasteiger partial charge >= 0.3 is 0 Å². The number of hydrogen-bond acceptors (Lipinski definition) is 3. The third-order valence-corrected chi connectivity index (χ3v) is 4.93. The van der Waals surface area contributed by atoms with Crippen molar-refractivity contribution in [1.29, 1.82) is 0 Å². The Hall–Kier alpha value is -1.76. The molecule has 0 bridgehead atoms. The fraction of sp³-hybridized carbons (Fsp3) is 0.294. The number of rotatable bonds is 6. The zero-order valence-corrected chi connectivity index (χ0v) is 13.8. The molecule has 0 saturated carbocycles. The summed E-state index contributed by atoms with van der Waals surface area (Å²) in [5.41, 5.74) is 2.12. The largest absolute Gasteiger partial charge is 0.387 e. The number of aliphatic hydroxyl groups excluding tert-OH is 1. The van der Waals surface area contributed by atoms with Gasteiger partial charge < -0.3 is 5.11 Å². The molecule has 2 atom stereocenters. The van der Waals surface area contributed by atoms with Gasteiger partial charge in [0.15, 0.2) is 0 Å². The SMILES string of the molecule is Cc1cccc(CS(=O)(=O)NC(C)C(O)c2ccc(F)cc2)c1. The minimum Gasteiger partial charge on any atom is -0.387 e. The monoisotopic (exact) mass is 337 g/mol. The molecule has 2 rings (SSSR count). The Morgan fingerprint density at radius 2 is 1.83 bits per heavy atom. The van der Waals surface area contributed by atoms with Crippen LogP contribution in [-0.2, 0) is 15.8 Å². The Morgan fingerprint density at radius 1 is 1.17 bits per heavy atom. The second kappa shape index (κ2) is 7.21. The molecule has 2 N–H and O–H groups in total. The average molecular weight is 337 g/mol. The minimum atomic E-state index is -3.60. The summed E-state index contributed by atoms with van der Waals surface area (Å²) in [7, 11) is -3.60. The van der Waals surface area contributed by atoms with Crippen LogP contribution in [0.15, 0.2) is 48.5 Å². The first kappa shape index (κ1) is 17.6. The number of hydrogen-bond donors (Lipinski definition) is 2. The van der Waals surface area contributed by atoms with Gasteiger partial charge in [0.2, 0.25) is 10.0 Å². The van der Waals surface area contributed by atoms with Gasteiger partial charge in [-0.2, -0.15) is 0 Å². The number of nitrogens with one attached hydrogen (secondary N) is 1. The Morgan fingerprint density at radius 3 is 2.43 bits per heavy atom. The van der Waals surface area contributed by atoms with Gasteiger partial charge in [0.1, 0.15) is 5.82 Å². The molecule has 0 heterocycles. The third-order valence-electron chi connectivity index (χ3n) is 3.49. The number of sulfonamides is 1. The lowest BCUT2D eigenvalue weighted by Crippen LogP contribution is -2.37. The first-order chi connectivity index (χ1) is 10.8. The molecule has 0 aliphatic carbocycles. The molecule has 0 fully saturated rings. The number of aliphatic hydroxyl groups is 1. The highest BCUT2D eigenvalue weighted by Crippen LogP contribution is 2.18. The summed E-state index contributed by atoms with van der Waals surface area (Å²) >= 11 is 0. The number of halogens is 1. The molecular weight excluding hydrogens is 317 g/mol. The molecule has 2 aromatic carbocycles. The molecule has 4 nitrogen and oxygen atoms in total. The number of aryl methyl sites for hydroxylation is 1. The van der Waals surface area contributed by atoms with Crippen molar-refractivity contribution < 1.29 is 17.9 Å². The van der Waals surface area contributed by atoms with E-state index in [4.69, 9.17) is 0 Å². The molecule has 2 unspecified atom stereocenters. The van der Waals surface area contributed by atoms with Gasteiger partial charge in [0.05, 0.1) is 11.9 Å². The highest BCUT2D eigenvalue weighted by molar-refractivity contribution is 7.88. The van der Waals surface area contributed by atoms with Gasteiger partial charge in [0, 0.05) is 6.04 Å². The predicted molar refractivity (Wildman–Crippen MR) is 87.8 cm³/mol. The van der Waals surface area contributed by atoms with Gasteiger partial charge in [-0.25, -0.2) is 17.5 Å². The van der Waals surface area contributed by atoms with E-state index in [1.54, 1.807) is 25.1 Å². The zero-order valence-electron chi connectivity index (χ0n) is 13.0. The summed E-state index contributed by atoms with van der Waals surface area (Å²) in [5, 5.41) is 10.2. The highest BCUT2D eigenvalue weighted by atomic mass is 32.2. The van der Waals surface area contributed by atoms with E-state index < -0.39 is 28.0 Å². The lowest BCUT2D eigenvalue weighted by Gasteiger charge is -2.20. The average Bonchev–Trinajstić information content (AvgIpc) is 2.46. The smallest absolute Gasteiger partial charge is 0.216 e. The second-order valence-electron chi connectivity index (χ2n) is 5.65.